The van der Waals surface area contributed by atoms with E-state index in [2.05, 4.69) is 20.6 Å². The van der Waals surface area contributed by atoms with Crippen molar-refractivity contribution in [3.63, 3.8) is 0 Å². The minimum atomic E-state index is -1.31. The minimum Gasteiger partial charge on any atom is -0.496 e. The van der Waals surface area contributed by atoms with Gasteiger partial charge in [0.15, 0.2) is 5.76 Å². The molecular weight excluding hydrogens is 556 g/mol. The van der Waals surface area contributed by atoms with Gasteiger partial charge in [0.25, 0.3) is 5.91 Å². The standard InChI is InChI=1S/C26H28N6O8S/c1-36-15-6-4-7-16(37-2)20(15)14-12-17(22(33)29-24-30-31-25(41-24)32-19(27)9-11-28-32)40-23(34)21(14)39-13-26(35)10-5-8-18(26)38-3/h4,6-7,9,11-12,18,35H,5,8,10,13,27H2,1-3H3,(H,29,30,33)/t18-,26-/m0/s1. The molecule has 216 valence electrons. The summed E-state index contributed by atoms with van der Waals surface area (Å²) in [6.45, 7) is -0.240. The number of aromatic nitrogens is 4. The predicted octanol–water partition coefficient (Wildman–Crippen LogP) is 2.50. The van der Waals surface area contributed by atoms with Crippen LogP contribution in [0.5, 0.6) is 17.2 Å². The number of carbonyl (C=O) groups excluding carboxylic acids is 1. The monoisotopic (exact) mass is 584 g/mol. The minimum absolute atomic E-state index is 0.119. The maximum atomic E-state index is 13.3. The van der Waals surface area contributed by atoms with Crippen molar-refractivity contribution in [1.29, 1.82) is 0 Å². The van der Waals surface area contributed by atoms with Crippen molar-refractivity contribution >= 4 is 28.2 Å². The van der Waals surface area contributed by atoms with Crippen molar-refractivity contribution in [2.75, 3.05) is 39.0 Å². The van der Waals surface area contributed by atoms with Gasteiger partial charge in [-0.3, -0.25) is 10.1 Å². The van der Waals surface area contributed by atoms with Crippen LogP contribution in [0.2, 0.25) is 0 Å². The summed E-state index contributed by atoms with van der Waals surface area (Å²) in [5.74, 6) is -0.289. The topological polar surface area (TPSA) is 186 Å². The molecule has 0 radical (unpaired) electrons. The lowest BCUT2D eigenvalue weighted by Crippen LogP contribution is -2.44. The molecule has 1 amide bonds. The van der Waals surface area contributed by atoms with E-state index in [9.17, 15) is 14.7 Å². The van der Waals surface area contributed by atoms with E-state index in [1.165, 1.54) is 38.3 Å². The summed E-state index contributed by atoms with van der Waals surface area (Å²) < 4.78 is 29.2. The van der Waals surface area contributed by atoms with Gasteiger partial charge in [0.1, 0.15) is 29.5 Å². The van der Waals surface area contributed by atoms with Gasteiger partial charge in [-0.25, -0.2) is 4.79 Å². The zero-order valence-electron chi connectivity index (χ0n) is 22.4. The fraction of sp³-hybridized carbons (Fsp3) is 0.346. The Morgan fingerprint density at radius 1 is 1.24 bits per heavy atom. The first-order valence-corrected chi connectivity index (χ1v) is 13.3. The maximum absolute atomic E-state index is 13.3. The number of amides is 1. The number of rotatable bonds is 10. The van der Waals surface area contributed by atoms with Crippen LogP contribution >= 0.6 is 11.3 Å². The second-order valence-corrected chi connectivity index (χ2v) is 10.2. The quantitative estimate of drug-likeness (QED) is 0.248. The molecule has 3 heterocycles. The third-order valence-corrected chi connectivity index (χ3v) is 7.56. The highest BCUT2D eigenvalue weighted by molar-refractivity contribution is 7.17. The Balaban J connectivity index is 1.52. The van der Waals surface area contributed by atoms with Gasteiger partial charge in [-0.15, -0.1) is 10.2 Å². The van der Waals surface area contributed by atoms with Crippen molar-refractivity contribution in [1.82, 2.24) is 20.0 Å². The summed E-state index contributed by atoms with van der Waals surface area (Å²) >= 11 is 1.01. The highest BCUT2D eigenvalue weighted by Gasteiger charge is 2.43. The molecule has 0 spiro atoms. The van der Waals surface area contributed by atoms with E-state index in [0.29, 0.717) is 40.9 Å². The molecule has 0 bridgehead atoms. The predicted molar refractivity (Wildman–Crippen MR) is 148 cm³/mol. The Labute approximate surface area is 237 Å². The molecule has 1 fully saturated rings. The van der Waals surface area contributed by atoms with Gasteiger partial charge >= 0.3 is 5.63 Å². The van der Waals surface area contributed by atoms with Crippen LogP contribution in [0.1, 0.15) is 29.8 Å². The fourth-order valence-corrected chi connectivity index (χ4v) is 5.46. The molecule has 1 saturated carbocycles. The van der Waals surface area contributed by atoms with E-state index < -0.39 is 23.2 Å². The van der Waals surface area contributed by atoms with E-state index >= 15 is 0 Å². The van der Waals surface area contributed by atoms with Crippen LogP contribution in [0, 0.1) is 0 Å². The molecule has 4 N–H and O–H groups in total. The highest BCUT2D eigenvalue weighted by Crippen LogP contribution is 2.43. The van der Waals surface area contributed by atoms with E-state index in [-0.39, 0.29) is 28.8 Å². The molecule has 0 aliphatic heterocycles. The molecule has 1 aliphatic rings. The van der Waals surface area contributed by atoms with E-state index in [4.69, 9.17) is 29.1 Å². The molecule has 1 aromatic carbocycles. The van der Waals surface area contributed by atoms with E-state index in [0.717, 1.165) is 17.8 Å². The average Bonchev–Trinajstić information content (AvgIpc) is 3.71. The summed E-state index contributed by atoms with van der Waals surface area (Å²) in [6, 6.07) is 7.99. The van der Waals surface area contributed by atoms with Gasteiger partial charge in [-0.2, -0.15) is 9.78 Å². The third kappa shape index (κ3) is 5.46. The zero-order chi connectivity index (χ0) is 29.1. The molecule has 14 nitrogen and oxygen atoms in total. The molecule has 0 unspecified atom stereocenters. The second kappa shape index (κ2) is 11.6. The number of nitrogens with one attached hydrogen (secondary N) is 1. The first-order chi connectivity index (χ1) is 19.8. The largest absolute Gasteiger partial charge is 0.496 e. The number of benzene rings is 1. The number of methoxy groups -OCH3 is 3. The van der Waals surface area contributed by atoms with Crippen molar-refractivity contribution < 1.29 is 33.3 Å². The Kier molecular flexibility index (Phi) is 7.92. The Morgan fingerprint density at radius 3 is 2.66 bits per heavy atom. The number of anilines is 2. The van der Waals surface area contributed by atoms with Crippen LogP contribution in [-0.4, -0.2) is 70.6 Å². The lowest BCUT2D eigenvalue weighted by atomic mass is 10.0. The number of aliphatic hydroxyl groups is 1. The molecule has 5 rings (SSSR count). The lowest BCUT2D eigenvalue weighted by Gasteiger charge is -2.29. The smallest absolute Gasteiger partial charge is 0.379 e. The molecule has 2 atom stereocenters. The van der Waals surface area contributed by atoms with Crippen molar-refractivity contribution in [3.8, 4) is 33.5 Å². The van der Waals surface area contributed by atoms with Gasteiger partial charge < -0.3 is 34.2 Å². The van der Waals surface area contributed by atoms with E-state index in [1.54, 1.807) is 24.3 Å². The second-order valence-electron chi connectivity index (χ2n) is 9.20. The number of carbonyl (C=O) groups is 1. The van der Waals surface area contributed by atoms with Gasteiger partial charge in [-0.1, -0.05) is 17.4 Å². The number of nitrogen functional groups attached to an aromatic ring is 1. The van der Waals surface area contributed by atoms with Crippen LogP contribution in [-0.2, 0) is 4.74 Å². The summed E-state index contributed by atoms with van der Waals surface area (Å²) in [5, 5.41) is 26.1. The molecule has 15 heteroatoms. The molecular formula is C26H28N6O8S. The highest BCUT2D eigenvalue weighted by atomic mass is 32.1. The summed E-state index contributed by atoms with van der Waals surface area (Å²) in [7, 11) is 4.43. The zero-order valence-corrected chi connectivity index (χ0v) is 23.3. The number of nitrogens with two attached hydrogens (primary N) is 1. The SMILES string of the molecule is COc1cccc(OC)c1-c1cc(C(=O)Nc2nnc(-n3nccc3N)s2)oc(=O)c1OC[C@@]1(O)CCC[C@@H]1OC. The van der Waals surface area contributed by atoms with Gasteiger partial charge in [-0.05, 0) is 37.5 Å². The Hall–Kier alpha value is -4.47. The van der Waals surface area contributed by atoms with Crippen LogP contribution in [0.3, 0.4) is 0 Å². The van der Waals surface area contributed by atoms with Crippen LogP contribution < -0.4 is 30.9 Å². The van der Waals surface area contributed by atoms with E-state index in [1.807, 2.05) is 0 Å². The Morgan fingerprint density at radius 2 is 2.00 bits per heavy atom. The van der Waals surface area contributed by atoms with Crippen LogP contribution in [0.15, 0.2) is 45.7 Å². The first kappa shape index (κ1) is 28.1. The number of ether oxygens (including phenoxy) is 4. The van der Waals surface area contributed by atoms with Crippen molar-refractivity contribution in [2.45, 2.75) is 31.0 Å². The summed E-state index contributed by atoms with van der Waals surface area (Å²) in [6.07, 6.45) is 2.86. The van der Waals surface area contributed by atoms with Gasteiger partial charge in [0.2, 0.25) is 16.0 Å². The van der Waals surface area contributed by atoms with Crippen molar-refractivity contribution in [2.24, 2.45) is 0 Å². The van der Waals surface area contributed by atoms with Gasteiger partial charge in [0.05, 0.1) is 32.1 Å². The maximum Gasteiger partial charge on any atom is 0.379 e. The average molecular weight is 585 g/mol. The van der Waals surface area contributed by atoms with Crippen LogP contribution in [0.25, 0.3) is 16.3 Å². The molecule has 3 aromatic heterocycles. The number of nitrogens with zero attached hydrogens (tertiary/aromatic N) is 4. The number of hydrogen-bond acceptors (Lipinski definition) is 13. The molecule has 1 aliphatic carbocycles. The van der Waals surface area contributed by atoms with Crippen LogP contribution in [0.4, 0.5) is 10.9 Å². The molecule has 41 heavy (non-hydrogen) atoms. The fourth-order valence-electron chi connectivity index (χ4n) is 4.74. The summed E-state index contributed by atoms with van der Waals surface area (Å²) in [4.78, 5) is 26.6. The van der Waals surface area contributed by atoms with Crippen molar-refractivity contribution in [3.05, 3.63) is 52.7 Å². The first-order valence-electron chi connectivity index (χ1n) is 12.5. The van der Waals surface area contributed by atoms with Gasteiger partial charge in [0, 0.05) is 18.7 Å². The third-order valence-electron chi connectivity index (χ3n) is 6.74. The molecule has 0 saturated heterocycles. The summed E-state index contributed by atoms with van der Waals surface area (Å²) in [5.41, 5.74) is 4.12. The lowest BCUT2D eigenvalue weighted by molar-refractivity contribution is -0.0950. The number of hydrogen-bond donors (Lipinski definition) is 3. The normalized spacial score (nSPS) is 18.3. The Bertz CT molecular complexity index is 1600. The molecule has 4 aromatic rings.